The van der Waals surface area contributed by atoms with Gasteiger partial charge < -0.3 is 19.5 Å². The van der Waals surface area contributed by atoms with Gasteiger partial charge >= 0.3 is 6.09 Å². The van der Waals surface area contributed by atoms with Gasteiger partial charge in [-0.3, -0.25) is 0 Å². The number of amides is 1. The summed E-state index contributed by atoms with van der Waals surface area (Å²) in [6.07, 6.45) is 2.94. The molecule has 166 valence electrons. The van der Waals surface area contributed by atoms with Crippen molar-refractivity contribution >= 4 is 27.7 Å². The van der Waals surface area contributed by atoms with Crippen molar-refractivity contribution in [2.24, 2.45) is 5.92 Å². The van der Waals surface area contributed by atoms with Crippen molar-refractivity contribution in [1.29, 1.82) is 0 Å². The number of nitrogens with zero attached hydrogens (tertiary/aromatic N) is 2. The summed E-state index contributed by atoms with van der Waals surface area (Å²) in [4.78, 5) is 14.2. The molecule has 2 heterocycles. The average molecular weight is 459 g/mol. The molecule has 1 aromatic carbocycles. The smallest absolute Gasteiger partial charge is 0.410 e. The van der Waals surface area contributed by atoms with Crippen LogP contribution in [0.3, 0.4) is 0 Å². The lowest BCUT2D eigenvalue weighted by Crippen LogP contribution is -2.57. The molecule has 0 aromatic heterocycles. The Morgan fingerprint density at radius 1 is 1.17 bits per heavy atom. The van der Waals surface area contributed by atoms with E-state index >= 15 is 0 Å². The largest absolute Gasteiger partial charge is 0.448 e. The molecule has 1 aliphatic carbocycles. The quantitative estimate of drug-likeness (QED) is 0.701. The van der Waals surface area contributed by atoms with Crippen molar-refractivity contribution in [1.82, 2.24) is 9.21 Å². The van der Waals surface area contributed by atoms with Gasteiger partial charge in [0.05, 0.1) is 42.8 Å². The topological polar surface area (TPSA) is 96.4 Å². The van der Waals surface area contributed by atoms with E-state index in [0.717, 1.165) is 25.7 Å². The van der Waals surface area contributed by atoms with E-state index in [1.165, 1.54) is 21.3 Å². The maximum Gasteiger partial charge on any atom is 0.410 e. The zero-order valence-corrected chi connectivity index (χ0v) is 18.2. The highest BCUT2D eigenvalue weighted by Gasteiger charge is 2.47. The van der Waals surface area contributed by atoms with Crippen molar-refractivity contribution in [3.8, 4) is 0 Å². The normalized spacial score (nSPS) is 27.9. The number of likely N-dealkylation sites (tertiary alicyclic amines) is 1. The summed E-state index contributed by atoms with van der Waals surface area (Å²) >= 11 is 5.93. The van der Waals surface area contributed by atoms with Crippen molar-refractivity contribution in [2.45, 2.75) is 48.7 Å². The van der Waals surface area contributed by atoms with Gasteiger partial charge in [0.2, 0.25) is 10.0 Å². The van der Waals surface area contributed by atoms with E-state index in [2.05, 4.69) is 0 Å². The fourth-order valence-electron chi connectivity index (χ4n) is 4.31. The van der Waals surface area contributed by atoms with Gasteiger partial charge in [-0.1, -0.05) is 11.6 Å². The Labute approximate surface area is 181 Å². The summed E-state index contributed by atoms with van der Waals surface area (Å²) < 4.78 is 39.7. The Bertz CT molecular complexity index is 861. The zero-order valence-electron chi connectivity index (χ0n) is 16.7. The SMILES string of the molecule is O=C(OC[C@H]1COC[C@@H](C2CC2)N1S(=O)(=O)c1ccc(Cl)cc1)N1CCC[C@H]1CO. The maximum absolute atomic E-state index is 13.5. The van der Waals surface area contributed by atoms with E-state index in [1.807, 2.05) is 0 Å². The first-order chi connectivity index (χ1) is 14.4. The van der Waals surface area contributed by atoms with Gasteiger partial charge in [0, 0.05) is 11.6 Å². The van der Waals surface area contributed by atoms with Gasteiger partial charge in [-0.15, -0.1) is 0 Å². The monoisotopic (exact) mass is 458 g/mol. The Morgan fingerprint density at radius 2 is 1.90 bits per heavy atom. The van der Waals surface area contributed by atoms with Gasteiger partial charge in [-0.2, -0.15) is 4.31 Å². The predicted octanol–water partition coefficient (Wildman–Crippen LogP) is 2.10. The molecule has 8 nitrogen and oxygen atoms in total. The average Bonchev–Trinajstić information content (AvgIpc) is 3.48. The highest BCUT2D eigenvalue weighted by Crippen LogP contribution is 2.40. The lowest BCUT2D eigenvalue weighted by Gasteiger charge is -2.40. The zero-order chi connectivity index (χ0) is 21.3. The fourth-order valence-corrected chi connectivity index (χ4v) is 6.26. The van der Waals surface area contributed by atoms with E-state index < -0.39 is 22.2 Å². The van der Waals surface area contributed by atoms with Gasteiger partial charge in [0.25, 0.3) is 0 Å². The number of morpholine rings is 1. The van der Waals surface area contributed by atoms with E-state index in [0.29, 0.717) is 18.2 Å². The molecule has 2 aliphatic heterocycles. The summed E-state index contributed by atoms with van der Waals surface area (Å²) in [5.41, 5.74) is 0. The number of ether oxygens (including phenoxy) is 2. The van der Waals surface area contributed by atoms with Crippen molar-refractivity contribution < 1.29 is 27.8 Å². The van der Waals surface area contributed by atoms with E-state index in [9.17, 15) is 18.3 Å². The Morgan fingerprint density at radius 3 is 2.57 bits per heavy atom. The van der Waals surface area contributed by atoms with Gasteiger partial charge in [-0.05, 0) is 55.9 Å². The molecule has 2 saturated heterocycles. The molecule has 1 saturated carbocycles. The summed E-state index contributed by atoms with van der Waals surface area (Å²) in [5.74, 6) is 0.253. The highest BCUT2D eigenvalue weighted by molar-refractivity contribution is 7.89. The molecule has 1 amide bonds. The van der Waals surface area contributed by atoms with Crippen LogP contribution in [0.15, 0.2) is 29.2 Å². The first kappa shape index (κ1) is 21.8. The third kappa shape index (κ3) is 4.45. The molecule has 0 unspecified atom stereocenters. The minimum absolute atomic E-state index is 0.0937. The molecular formula is C20H27ClN2O6S. The molecule has 1 aromatic rings. The Hall–Kier alpha value is -1.39. The third-order valence-corrected chi connectivity index (χ3v) is 8.31. The van der Waals surface area contributed by atoms with Crippen LogP contribution in [0.5, 0.6) is 0 Å². The summed E-state index contributed by atoms with van der Waals surface area (Å²) in [6, 6.07) is 4.97. The number of hydrogen-bond acceptors (Lipinski definition) is 6. The maximum atomic E-state index is 13.5. The molecule has 0 radical (unpaired) electrons. The lowest BCUT2D eigenvalue weighted by molar-refractivity contribution is -0.0364. The van der Waals surface area contributed by atoms with E-state index in [4.69, 9.17) is 21.1 Å². The van der Waals surface area contributed by atoms with Crippen molar-refractivity contribution in [2.75, 3.05) is 33.0 Å². The molecule has 1 N–H and O–H groups in total. The van der Waals surface area contributed by atoms with Crippen LogP contribution in [-0.4, -0.2) is 79.9 Å². The van der Waals surface area contributed by atoms with Crippen LogP contribution < -0.4 is 0 Å². The second kappa shape index (κ2) is 9.00. The van der Waals surface area contributed by atoms with E-state index in [1.54, 1.807) is 12.1 Å². The number of hydrogen-bond donors (Lipinski definition) is 1. The molecule has 10 heteroatoms. The number of aliphatic hydroxyl groups excluding tert-OH is 1. The van der Waals surface area contributed by atoms with Crippen LogP contribution in [0.2, 0.25) is 5.02 Å². The minimum atomic E-state index is -3.81. The Balaban J connectivity index is 1.53. The number of rotatable bonds is 6. The van der Waals surface area contributed by atoms with Crippen LogP contribution in [0.25, 0.3) is 0 Å². The molecule has 30 heavy (non-hydrogen) atoms. The number of benzene rings is 1. The van der Waals surface area contributed by atoms with Gasteiger partial charge in [-0.25, -0.2) is 13.2 Å². The summed E-state index contributed by atoms with van der Waals surface area (Å²) in [7, 11) is -3.81. The molecule has 0 spiro atoms. The molecule has 3 aliphatic rings. The summed E-state index contributed by atoms with van der Waals surface area (Å²) in [6.45, 7) is 0.822. The van der Waals surface area contributed by atoms with Crippen LogP contribution >= 0.6 is 11.6 Å². The van der Waals surface area contributed by atoms with Crippen LogP contribution in [0.1, 0.15) is 25.7 Å². The first-order valence-corrected chi connectivity index (χ1v) is 12.1. The van der Waals surface area contributed by atoms with Gasteiger partial charge in [0.1, 0.15) is 6.61 Å². The third-order valence-electron chi connectivity index (χ3n) is 6.06. The van der Waals surface area contributed by atoms with Crippen molar-refractivity contribution in [3.05, 3.63) is 29.3 Å². The fraction of sp³-hybridized carbons (Fsp3) is 0.650. The number of sulfonamides is 1. The molecular weight excluding hydrogens is 432 g/mol. The standard InChI is InChI=1S/C20H27ClN2O6S/c21-15-5-7-18(8-6-15)30(26,27)23-17(11-28-13-19(23)14-3-4-14)12-29-20(25)22-9-1-2-16(22)10-24/h5-8,14,16-17,19,24H,1-4,9-13H2/t16-,17+,19-/m0/s1. The number of halogens is 1. The number of carbonyl (C=O) groups is 1. The second-order valence-corrected chi connectivity index (χ2v) is 10.4. The Kier molecular flexibility index (Phi) is 6.55. The van der Waals surface area contributed by atoms with Crippen molar-refractivity contribution in [3.63, 3.8) is 0 Å². The van der Waals surface area contributed by atoms with Crippen LogP contribution in [0, 0.1) is 5.92 Å². The lowest BCUT2D eigenvalue weighted by atomic mass is 10.1. The minimum Gasteiger partial charge on any atom is -0.448 e. The molecule has 4 rings (SSSR count). The molecule has 3 fully saturated rings. The van der Waals surface area contributed by atoms with Crippen LogP contribution in [-0.2, 0) is 19.5 Å². The predicted molar refractivity (Wildman–Crippen MR) is 110 cm³/mol. The molecule has 0 bridgehead atoms. The molecule has 3 atom stereocenters. The van der Waals surface area contributed by atoms with Gasteiger partial charge in [0.15, 0.2) is 0 Å². The second-order valence-electron chi connectivity index (χ2n) is 8.13. The number of aliphatic hydroxyl groups is 1. The number of carbonyl (C=O) groups excluding carboxylic acids is 1. The first-order valence-electron chi connectivity index (χ1n) is 10.3. The van der Waals surface area contributed by atoms with Crippen LogP contribution in [0.4, 0.5) is 4.79 Å². The highest BCUT2D eigenvalue weighted by atomic mass is 35.5. The summed E-state index contributed by atoms with van der Waals surface area (Å²) in [5, 5.41) is 9.90. The van der Waals surface area contributed by atoms with E-state index in [-0.39, 0.29) is 42.7 Å².